The molecule has 2 fully saturated rings. The lowest BCUT2D eigenvalue weighted by Gasteiger charge is -2.35. The number of nitrogens with one attached hydrogen (secondary N) is 1. The van der Waals surface area contributed by atoms with Crippen molar-refractivity contribution in [3.63, 3.8) is 0 Å². The average molecular weight is 325 g/mol. The number of hydrogen-bond donors (Lipinski definition) is 1. The van der Waals surface area contributed by atoms with Crippen LogP contribution in [-0.2, 0) is 20.0 Å². The summed E-state index contributed by atoms with van der Waals surface area (Å²) in [7, 11) is -3.24. The van der Waals surface area contributed by atoms with E-state index in [1.54, 1.807) is 0 Å². The number of sulfone groups is 1. The summed E-state index contributed by atoms with van der Waals surface area (Å²) < 4.78 is 50.3. The number of piperidine rings is 1. The standard InChI is InChI=1S/C11H23N3O4S2/c1-13(2)20(17,18)12-10-3-6-14(7-4-10)11-5-8-19(15,16)9-11/h10-12H,3-9H2,1-2H3/t11-/m0/s1. The molecule has 2 aliphatic heterocycles. The molecular weight excluding hydrogens is 302 g/mol. The molecule has 0 radical (unpaired) electrons. The van der Waals surface area contributed by atoms with Crippen LogP contribution in [0.25, 0.3) is 0 Å². The van der Waals surface area contributed by atoms with Gasteiger partial charge in [0.15, 0.2) is 9.84 Å². The molecule has 0 unspecified atom stereocenters. The predicted octanol–water partition coefficient (Wildman–Crippen LogP) is -0.966. The Hall–Kier alpha value is -0.220. The highest BCUT2D eigenvalue weighted by molar-refractivity contribution is 7.91. The summed E-state index contributed by atoms with van der Waals surface area (Å²) in [6, 6.07) is 0.0584. The smallest absolute Gasteiger partial charge is 0.279 e. The van der Waals surface area contributed by atoms with Crippen molar-refractivity contribution in [2.45, 2.75) is 31.3 Å². The van der Waals surface area contributed by atoms with Crippen LogP contribution < -0.4 is 4.72 Å². The lowest BCUT2D eigenvalue weighted by molar-refractivity contribution is 0.161. The highest BCUT2D eigenvalue weighted by Crippen LogP contribution is 2.22. The van der Waals surface area contributed by atoms with Gasteiger partial charge >= 0.3 is 0 Å². The molecule has 2 rings (SSSR count). The fraction of sp³-hybridized carbons (Fsp3) is 1.00. The van der Waals surface area contributed by atoms with Gasteiger partial charge in [-0.3, -0.25) is 4.90 Å². The van der Waals surface area contributed by atoms with E-state index in [-0.39, 0.29) is 23.6 Å². The van der Waals surface area contributed by atoms with Crippen LogP contribution in [0.4, 0.5) is 0 Å². The van der Waals surface area contributed by atoms with Gasteiger partial charge in [0.2, 0.25) is 0 Å². The Labute approximate surface area is 121 Å². The van der Waals surface area contributed by atoms with Crippen LogP contribution in [0.5, 0.6) is 0 Å². The average Bonchev–Trinajstić information content (AvgIpc) is 2.70. The molecule has 0 amide bonds. The molecule has 2 saturated heterocycles. The summed E-state index contributed by atoms with van der Waals surface area (Å²) in [5.74, 6) is 0.534. The van der Waals surface area contributed by atoms with Crippen LogP contribution in [0.3, 0.4) is 0 Å². The molecule has 1 atom stereocenters. The molecule has 0 aliphatic carbocycles. The second kappa shape index (κ2) is 5.88. The predicted molar refractivity (Wildman–Crippen MR) is 77.4 cm³/mol. The third kappa shape index (κ3) is 3.91. The third-order valence-corrected chi connectivity index (χ3v) is 7.39. The first-order valence-electron chi connectivity index (χ1n) is 6.84. The molecule has 0 spiro atoms. The van der Waals surface area contributed by atoms with E-state index >= 15 is 0 Å². The van der Waals surface area contributed by atoms with Crippen molar-refractivity contribution in [3.8, 4) is 0 Å². The van der Waals surface area contributed by atoms with Gasteiger partial charge < -0.3 is 0 Å². The van der Waals surface area contributed by atoms with Gasteiger partial charge in [-0.15, -0.1) is 0 Å². The zero-order chi connectivity index (χ0) is 15.0. The first-order valence-corrected chi connectivity index (χ1v) is 10.1. The second-order valence-corrected chi connectivity index (χ2v) is 9.92. The van der Waals surface area contributed by atoms with Crippen molar-refractivity contribution in [2.24, 2.45) is 0 Å². The zero-order valence-corrected chi connectivity index (χ0v) is 13.6. The van der Waals surface area contributed by atoms with Gasteiger partial charge in [-0.1, -0.05) is 0 Å². The van der Waals surface area contributed by atoms with E-state index in [1.165, 1.54) is 18.4 Å². The summed E-state index contributed by atoms with van der Waals surface area (Å²) in [5.41, 5.74) is 0. The van der Waals surface area contributed by atoms with Crippen LogP contribution in [-0.4, -0.2) is 76.8 Å². The molecule has 1 N–H and O–H groups in total. The Balaban J connectivity index is 1.84. The van der Waals surface area contributed by atoms with Crippen molar-refractivity contribution in [3.05, 3.63) is 0 Å². The molecule has 20 heavy (non-hydrogen) atoms. The minimum absolute atomic E-state index is 0.0586. The van der Waals surface area contributed by atoms with Gasteiger partial charge in [0.25, 0.3) is 10.2 Å². The minimum atomic E-state index is -3.38. The lowest BCUT2D eigenvalue weighted by Crippen LogP contribution is -2.50. The molecular formula is C11H23N3O4S2. The summed E-state index contributed by atoms with van der Waals surface area (Å²) in [4.78, 5) is 2.19. The van der Waals surface area contributed by atoms with E-state index in [1.807, 2.05) is 0 Å². The Kier molecular flexibility index (Phi) is 4.75. The summed E-state index contributed by atoms with van der Waals surface area (Å²) in [6.45, 7) is 1.50. The fourth-order valence-electron chi connectivity index (χ4n) is 2.76. The van der Waals surface area contributed by atoms with Crippen LogP contribution >= 0.6 is 0 Å². The maximum atomic E-state index is 11.7. The molecule has 0 aromatic heterocycles. The fourth-order valence-corrected chi connectivity index (χ4v) is 5.39. The van der Waals surface area contributed by atoms with Crippen LogP contribution in [0.1, 0.15) is 19.3 Å². The highest BCUT2D eigenvalue weighted by atomic mass is 32.2. The lowest BCUT2D eigenvalue weighted by atomic mass is 10.0. The Morgan fingerprint density at radius 1 is 1.15 bits per heavy atom. The quantitative estimate of drug-likeness (QED) is 0.719. The van der Waals surface area contributed by atoms with E-state index in [0.29, 0.717) is 6.42 Å². The molecule has 0 saturated carbocycles. The van der Waals surface area contributed by atoms with Crippen LogP contribution in [0, 0.1) is 0 Å². The molecule has 0 aromatic carbocycles. The second-order valence-electron chi connectivity index (χ2n) is 5.77. The van der Waals surface area contributed by atoms with Gasteiger partial charge in [-0.2, -0.15) is 17.4 Å². The van der Waals surface area contributed by atoms with Crippen molar-refractivity contribution in [1.29, 1.82) is 0 Å². The maximum Gasteiger partial charge on any atom is 0.279 e. The topological polar surface area (TPSA) is 86.8 Å². The van der Waals surface area contributed by atoms with Crippen molar-refractivity contribution < 1.29 is 16.8 Å². The molecule has 0 aromatic rings. The monoisotopic (exact) mass is 325 g/mol. The van der Waals surface area contributed by atoms with E-state index in [2.05, 4.69) is 9.62 Å². The van der Waals surface area contributed by atoms with Gasteiger partial charge in [0.05, 0.1) is 11.5 Å². The van der Waals surface area contributed by atoms with Gasteiger partial charge in [0.1, 0.15) is 0 Å². The summed E-state index contributed by atoms with van der Waals surface area (Å²) in [6.07, 6.45) is 2.16. The number of nitrogens with zero attached hydrogens (tertiary/aromatic N) is 2. The number of likely N-dealkylation sites (tertiary alicyclic amines) is 1. The summed E-state index contributed by atoms with van der Waals surface area (Å²) >= 11 is 0. The minimum Gasteiger partial charge on any atom is -0.299 e. The van der Waals surface area contributed by atoms with E-state index in [9.17, 15) is 16.8 Å². The van der Waals surface area contributed by atoms with Crippen LogP contribution in [0.15, 0.2) is 0 Å². The molecule has 9 heteroatoms. The third-order valence-electron chi connectivity index (χ3n) is 4.05. The van der Waals surface area contributed by atoms with Crippen molar-refractivity contribution >= 4 is 20.0 Å². The first kappa shape index (κ1) is 16.2. The molecule has 2 heterocycles. The van der Waals surface area contributed by atoms with Crippen molar-refractivity contribution in [1.82, 2.24) is 13.9 Å². The Bertz CT molecular complexity index is 536. The number of rotatable bonds is 4. The van der Waals surface area contributed by atoms with Gasteiger partial charge in [-0.25, -0.2) is 8.42 Å². The van der Waals surface area contributed by atoms with E-state index in [0.717, 1.165) is 25.9 Å². The summed E-state index contributed by atoms with van der Waals surface area (Å²) in [5, 5.41) is 0. The normalized spacial score (nSPS) is 29.1. The highest BCUT2D eigenvalue weighted by Gasteiger charge is 2.34. The van der Waals surface area contributed by atoms with E-state index < -0.39 is 20.0 Å². The number of hydrogen-bond acceptors (Lipinski definition) is 5. The van der Waals surface area contributed by atoms with Gasteiger partial charge in [-0.05, 0) is 32.4 Å². The van der Waals surface area contributed by atoms with E-state index in [4.69, 9.17) is 0 Å². The largest absolute Gasteiger partial charge is 0.299 e. The van der Waals surface area contributed by atoms with Gasteiger partial charge in [0, 0.05) is 26.2 Å². The van der Waals surface area contributed by atoms with Crippen molar-refractivity contribution in [2.75, 3.05) is 38.7 Å². The molecule has 0 bridgehead atoms. The Morgan fingerprint density at radius 3 is 2.20 bits per heavy atom. The Morgan fingerprint density at radius 2 is 1.75 bits per heavy atom. The zero-order valence-electron chi connectivity index (χ0n) is 11.9. The molecule has 118 valence electrons. The maximum absolute atomic E-state index is 11.7. The van der Waals surface area contributed by atoms with Crippen LogP contribution in [0.2, 0.25) is 0 Å². The molecule has 7 nitrogen and oxygen atoms in total. The SMILES string of the molecule is CN(C)S(=O)(=O)NC1CCN([C@H]2CCS(=O)(=O)C2)CC1. The first-order chi connectivity index (χ1) is 9.20. The molecule has 2 aliphatic rings.